The van der Waals surface area contributed by atoms with Crippen molar-refractivity contribution in [1.82, 2.24) is 4.90 Å². The highest BCUT2D eigenvalue weighted by Gasteiger charge is 2.26. The second-order valence-electron chi connectivity index (χ2n) is 7.79. The maximum atomic E-state index is 14.0. The molecular weight excluding hydrogens is 383 g/mol. The van der Waals surface area contributed by atoms with Gasteiger partial charge in [-0.3, -0.25) is 9.69 Å². The second-order valence-corrected chi connectivity index (χ2v) is 7.79. The molecule has 0 aliphatic carbocycles. The quantitative estimate of drug-likeness (QED) is 0.819. The average molecular weight is 413 g/mol. The third kappa shape index (κ3) is 4.74. The van der Waals surface area contributed by atoms with E-state index >= 15 is 0 Å². The van der Waals surface area contributed by atoms with Crippen LogP contribution in [0.2, 0.25) is 0 Å². The van der Waals surface area contributed by atoms with Gasteiger partial charge < -0.3 is 19.9 Å². The molecule has 2 heterocycles. The number of hydrogen-bond donors (Lipinski definition) is 1. The minimum absolute atomic E-state index is 0.0199. The fraction of sp³-hybridized carbons (Fsp3) is 0.435. The largest absolute Gasteiger partial charge is 0.378 e. The van der Waals surface area contributed by atoms with E-state index in [0.29, 0.717) is 18.8 Å². The van der Waals surface area contributed by atoms with Gasteiger partial charge in [0.05, 0.1) is 24.9 Å². The van der Waals surface area contributed by atoms with E-state index in [0.717, 1.165) is 50.8 Å². The number of para-hydroxylation sites is 1. The van der Waals surface area contributed by atoms with Crippen LogP contribution in [-0.2, 0) is 9.53 Å². The van der Waals surface area contributed by atoms with Crippen LogP contribution in [0.4, 0.5) is 21.5 Å². The van der Waals surface area contributed by atoms with Crippen LogP contribution in [0.5, 0.6) is 0 Å². The smallest absolute Gasteiger partial charge is 0.241 e. The molecule has 0 aromatic heterocycles. The molecule has 2 aromatic carbocycles. The summed E-state index contributed by atoms with van der Waals surface area (Å²) in [6, 6.07) is 14.6. The Kier molecular flexibility index (Phi) is 6.50. The standard InChI is InChI=1S/C23H29FN4O2/c1-18(26-10-12-28(13-11-26)22-5-3-2-4-21(22)24)23(29)25-19-6-8-20(9-7-19)27-14-16-30-17-15-27/h2-9,18H,10-17H2,1H3,(H,25,29). The summed E-state index contributed by atoms with van der Waals surface area (Å²) in [5.74, 6) is -0.217. The number of morpholine rings is 1. The van der Waals surface area contributed by atoms with Crippen LogP contribution in [0.15, 0.2) is 48.5 Å². The molecule has 2 aromatic rings. The topological polar surface area (TPSA) is 48.1 Å². The van der Waals surface area contributed by atoms with E-state index in [2.05, 4.69) is 15.1 Å². The van der Waals surface area contributed by atoms with Gasteiger partial charge >= 0.3 is 0 Å². The molecule has 2 fully saturated rings. The predicted molar refractivity (Wildman–Crippen MR) is 118 cm³/mol. The Morgan fingerprint density at radius 1 is 0.933 bits per heavy atom. The number of benzene rings is 2. The van der Waals surface area contributed by atoms with E-state index < -0.39 is 0 Å². The first kappa shape index (κ1) is 20.6. The fourth-order valence-electron chi connectivity index (χ4n) is 4.05. The predicted octanol–water partition coefficient (Wildman–Crippen LogP) is 2.81. The lowest BCUT2D eigenvalue weighted by molar-refractivity contribution is -0.120. The molecule has 2 aliphatic rings. The van der Waals surface area contributed by atoms with Crippen LogP contribution >= 0.6 is 0 Å². The molecule has 0 radical (unpaired) electrons. The Morgan fingerprint density at radius 3 is 2.27 bits per heavy atom. The second kappa shape index (κ2) is 9.45. The van der Waals surface area contributed by atoms with Gasteiger partial charge in [-0.15, -0.1) is 0 Å². The zero-order chi connectivity index (χ0) is 20.9. The number of nitrogens with zero attached hydrogens (tertiary/aromatic N) is 3. The molecule has 160 valence electrons. The number of piperazine rings is 1. The maximum absolute atomic E-state index is 14.0. The van der Waals surface area contributed by atoms with Crippen molar-refractivity contribution in [2.45, 2.75) is 13.0 Å². The van der Waals surface area contributed by atoms with E-state index in [1.54, 1.807) is 6.07 Å². The van der Waals surface area contributed by atoms with Crippen LogP contribution in [0.25, 0.3) is 0 Å². The van der Waals surface area contributed by atoms with Gasteiger partial charge in [-0.1, -0.05) is 12.1 Å². The first-order valence-electron chi connectivity index (χ1n) is 10.6. The van der Waals surface area contributed by atoms with Gasteiger partial charge in [0.25, 0.3) is 0 Å². The number of rotatable bonds is 5. The Bertz CT molecular complexity index is 847. The van der Waals surface area contributed by atoms with Gasteiger partial charge in [-0.05, 0) is 43.3 Å². The van der Waals surface area contributed by atoms with Gasteiger partial charge in [-0.2, -0.15) is 0 Å². The van der Waals surface area contributed by atoms with Crippen molar-refractivity contribution >= 4 is 23.0 Å². The highest BCUT2D eigenvalue weighted by Crippen LogP contribution is 2.22. The van der Waals surface area contributed by atoms with E-state index in [1.165, 1.54) is 6.07 Å². The molecular formula is C23H29FN4O2. The van der Waals surface area contributed by atoms with Crippen molar-refractivity contribution in [2.24, 2.45) is 0 Å². The van der Waals surface area contributed by atoms with Crippen molar-refractivity contribution < 1.29 is 13.9 Å². The van der Waals surface area contributed by atoms with Gasteiger partial charge in [0.15, 0.2) is 0 Å². The van der Waals surface area contributed by atoms with Crippen molar-refractivity contribution in [3.8, 4) is 0 Å². The number of amides is 1. The molecule has 30 heavy (non-hydrogen) atoms. The highest BCUT2D eigenvalue weighted by atomic mass is 19.1. The monoisotopic (exact) mass is 412 g/mol. The Balaban J connectivity index is 1.29. The average Bonchev–Trinajstić information content (AvgIpc) is 2.80. The van der Waals surface area contributed by atoms with E-state index in [-0.39, 0.29) is 17.8 Å². The van der Waals surface area contributed by atoms with E-state index in [9.17, 15) is 9.18 Å². The summed E-state index contributed by atoms with van der Waals surface area (Å²) in [5, 5.41) is 3.02. The summed E-state index contributed by atoms with van der Waals surface area (Å²) in [7, 11) is 0. The summed E-state index contributed by atoms with van der Waals surface area (Å²) < 4.78 is 19.4. The van der Waals surface area contributed by atoms with Crippen LogP contribution in [0.3, 0.4) is 0 Å². The zero-order valence-corrected chi connectivity index (χ0v) is 17.4. The number of carbonyl (C=O) groups is 1. The minimum atomic E-state index is -0.244. The highest BCUT2D eigenvalue weighted by molar-refractivity contribution is 5.94. The van der Waals surface area contributed by atoms with Gasteiger partial charge in [-0.25, -0.2) is 4.39 Å². The molecule has 4 rings (SSSR count). The number of anilines is 3. The molecule has 0 spiro atoms. The lowest BCUT2D eigenvalue weighted by Gasteiger charge is -2.38. The third-order valence-corrected chi connectivity index (χ3v) is 5.95. The maximum Gasteiger partial charge on any atom is 0.241 e. The molecule has 2 aliphatic heterocycles. The van der Waals surface area contributed by atoms with Crippen molar-refractivity contribution in [2.75, 3.05) is 67.6 Å². The number of halogens is 1. The summed E-state index contributed by atoms with van der Waals surface area (Å²) in [5.41, 5.74) is 2.58. The minimum Gasteiger partial charge on any atom is -0.378 e. The van der Waals surface area contributed by atoms with E-state index in [4.69, 9.17) is 4.74 Å². The zero-order valence-electron chi connectivity index (χ0n) is 17.4. The number of hydrogen-bond acceptors (Lipinski definition) is 5. The summed E-state index contributed by atoms with van der Waals surface area (Å²) in [6.45, 7) is 8.05. The van der Waals surface area contributed by atoms with Crippen LogP contribution in [0, 0.1) is 5.82 Å². The normalized spacial score (nSPS) is 18.9. The van der Waals surface area contributed by atoms with Gasteiger partial charge in [0.1, 0.15) is 5.82 Å². The molecule has 1 amide bonds. The van der Waals surface area contributed by atoms with Crippen molar-refractivity contribution in [3.63, 3.8) is 0 Å². The molecule has 1 atom stereocenters. The molecule has 0 bridgehead atoms. The first-order chi connectivity index (χ1) is 14.6. The number of nitrogens with one attached hydrogen (secondary N) is 1. The Morgan fingerprint density at radius 2 is 1.60 bits per heavy atom. The SMILES string of the molecule is CC(C(=O)Nc1ccc(N2CCOCC2)cc1)N1CCN(c2ccccc2F)CC1. The molecule has 0 saturated carbocycles. The summed E-state index contributed by atoms with van der Waals surface area (Å²) in [4.78, 5) is 19.2. The summed E-state index contributed by atoms with van der Waals surface area (Å²) >= 11 is 0. The lowest BCUT2D eigenvalue weighted by atomic mass is 10.2. The lowest BCUT2D eigenvalue weighted by Crippen LogP contribution is -2.53. The molecule has 6 nitrogen and oxygen atoms in total. The van der Waals surface area contributed by atoms with Crippen molar-refractivity contribution in [3.05, 3.63) is 54.3 Å². The molecule has 1 N–H and O–H groups in total. The molecule has 7 heteroatoms. The number of ether oxygens (including phenoxy) is 1. The van der Waals surface area contributed by atoms with Crippen LogP contribution < -0.4 is 15.1 Å². The van der Waals surface area contributed by atoms with Gasteiger partial charge in [0.2, 0.25) is 5.91 Å². The molecule has 1 unspecified atom stereocenters. The Labute approximate surface area is 177 Å². The molecule has 2 saturated heterocycles. The first-order valence-corrected chi connectivity index (χ1v) is 10.6. The van der Waals surface area contributed by atoms with E-state index in [1.807, 2.05) is 48.2 Å². The van der Waals surface area contributed by atoms with Crippen molar-refractivity contribution in [1.29, 1.82) is 0 Å². The van der Waals surface area contributed by atoms with Gasteiger partial charge in [0, 0.05) is 50.6 Å². The number of carbonyl (C=O) groups excluding carboxylic acids is 1. The third-order valence-electron chi connectivity index (χ3n) is 5.95. The van der Waals surface area contributed by atoms with Crippen LogP contribution in [0.1, 0.15) is 6.92 Å². The summed E-state index contributed by atoms with van der Waals surface area (Å²) in [6.07, 6.45) is 0. The Hall–Kier alpha value is -2.64. The van der Waals surface area contributed by atoms with Crippen LogP contribution in [-0.4, -0.2) is 69.3 Å². The fourth-order valence-corrected chi connectivity index (χ4v) is 4.05.